The minimum absolute atomic E-state index is 0.839. The number of pyridine rings is 1. The molecule has 0 saturated heterocycles. The van der Waals surface area contributed by atoms with E-state index in [4.69, 9.17) is 9.40 Å². The lowest BCUT2D eigenvalue weighted by molar-refractivity contribution is 0.670. The Bertz CT molecular complexity index is 3500. The van der Waals surface area contributed by atoms with Gasteiger partial charge in [-0.05, 0) is 82.9 Å². The van der Waals surface area contributed by atoms with Crippen molar-refractivity contribution in [3.8, 4) is 45.0 Å². The summed E-state index contributed by atoms with van der Waals surface area (Å²) in [6.07, 6.45) is 0. The average Bonchev–Trinajstić information content (AvgIpc) is 3.93. The minimum Gasteiger partial charge on any atom is -0.455 e. The lowest BCUT2D eigenvalue weighted by atomic mass is 9.99. The van der Waals surface area contributed by atoms with E-state index < -0.39 is 0 Å². The van der Waals surface area contributed by atoms with E-state index in [1.54, 1.807) is 0 Å². The molecule has 4 nitrogen and oxygen atoms in total. The fourth-order valence-electron chi connectivity index (χ4n) is 8.90. The van der Waals surface area contributed by atoms with Crippen molar-refractivity contribution in [1.29, 1.82) is 0 Å². The second-order valence-electron chi connectivity index (χ2n) is 14.8. The molecule has 4 aromatic heterocycles. The first kappa shape index (κ1) is 31.6. The predicted octanol–water partition coefficient (Wildman–Crippen LogP) is 14.2. The first-order chi connectivity index (χ1) is 28.3. The van der Waals surface area contributed by atoms with Crippen molar-refractivity contribution in [2.75, 3.05) is 0 Å². The van der Waals surface area contributed by atoms with Crippen LogP contribution in [0.15, 0.2) is 205 Å². The summed E-state index contributed by atoms with van der Waals surface area (Å²) >= 11 is 0. The molecular weight excluding hydrogens is 695 g/mol. The Morgan fingerprint density at radius 1 is 0.351 bits per heavy atom. The average molecular weight is 728 g/mol. The lowest BCUT2D eigenvalue weighted by Crippen LogP contribution is -2.00. The molecule has 0 atom stereocenters. The van der Waals surface area contributed by atoms with Crippen LogP contribution in [0.4, 0.5) is 0 Å². The molecule has 12 aromatic rings. The van der Waals surface area contributed by atoms with Gasteiger partial charge in [0.05, 0.1) is 27.8 Å². The smallest absolute Gasteiger partial charge is 0.144 e. The van der Waals surface area contributed by atoms with Crippen LogP contribution in [-0.2, 0) is 0 Å². The van der Waals surface area contributed by atoms with Gasteiger partial charge in [0, 0.05) is 43.6 Å². The maximum absolute atomic E-state index is 6.60. The van der Waals surface area contributed by atoms with Crippen LogP contribution < -0.4 is 0 Å². The standard InChI is InChI=1S/C53H33N3O/c1-3-14-34(15-4-1)35-26-28-36(29-27-35)37-30-46(43-22-13-21-42-41-20-9-12-25-51(41)57-53(42)43)54-52(31-37)56-48-24-11-8-19-40(48)45-32-49-44(33-50(45)56)39-18-7-10-23-47(39)55(49)38-16-5-2-6-17-38/h1-33H. The second kappa shape index (κ2) is 12.4. The van der Waals surface area contributed by atoms with E-state index in [2.05, 4.69) is 197 Å². The number of aromatic nitrogens is 3. The normalized spacial score (nSPS) is 11.9. The third-order valence-corrected chi connectivity index (χ3v) is 11.5. The second-order valence-corrected chi connectivity index (χ2v) is 14.8. The van der Waals surface area contributed by atoms with Crippen LogP contribution in [-0.4, -0.2) is 14.1 Å². The number of nitrogens with zero attached hydrogens (tertiary/aromatic N) is 3. The van der Waals surface area contributed by atoms with Gasteiger partial charge in [0.15, 0.2) is 0 Å². The lowest BCUT2D eigenvalue weighted by Gasteiger charge is -2.14. The van der Waals surface area contributed by atoms with E-state index in [1.807, 2.05) is 12.1 Å². The maximum Gasteiger partial charge on any atom is 0.144 e. The number of hydrogen-bond acceptors (Lipinski definition) is 2. The van der Waals surface area contributed by atoms with Crippen molar-refractivity contribution >= 4 is 65.6 Å². The van der Waals surface area contributed by atoms with Crippen molar-refractivity contribution < 1.29 is 4.42 Å². The van der Waals surface area contributed by atoms with Crippen molar-refractivity contribution in [3.05, 3.63) is 200 Å². The molecule has 0 aliphatic rings. The first-order valence-corrected chi connectivity index (χ1v) is 19.4. The highest BCUT2D eigenvalue weighted by Crippen LogP contribution is 2.42. The van der Waals surface area contributed by atoms with Crippen LogP contribution in [0.25, 0.3) is 111 Å². The van der Waals surface area contributed by atoms with Crippen LogP contribution in [0.3, 0.4) is 0 Å². The maximum atomic E-state index is 6.60. The van der Waals surface area contributed by atoms with Gasteiger partial charge in [0.25, 0.3) is 0 Å². The SMILES string of the molecule is c1ccc(-c2ccc(-c3cc(-c4cccc5c4oc4ccccc45)nc(-n4c5ccccc5c5cc6c(cc54)c4ccccc4n6-c4ccccc4)c3)cc2)cc1. The third-order valence-electron chi connectivity index (χ3n) is 11.5. The molecule has 266 valence electrons. The number of fused-ring (bicyclic) bond motifs is 9. The fourth-order valence-corrected chi connectivity index (χ4v) is 8.90. The molecule has 4 heteroatoms. The zero-order valence-corrected chi connectivity index (χ0v) is 30.8. The van der Waals surface area contributed by atoms with Gasteiger partial charge in [0.1, 0.15) is 17.0 Å². The Balaban J connectivity index is 1.15. The number of furan rings is 1. The molecule has 57 heavy (non-hydrogen) atoms. The molecule has 0 radical (unpaired) electrons. The van der Waals surface area contributed by atoms with Gasteiger partial charge in [-0.25, -0.2) is 4.98 Å². The molecule has 4 heterocycles. The van der Waals surface area contributed by atoms with E-state index in [0.717, 1.165) is 66.9 Å². The molecule has 0 aliphatic carbocycles. The highest BCUT2D eigenvalue weighted by Gasteiger charge is 2.21. The van der Waals surface area contributed by atoms with E-state index >= 15 is 0 Å². The molecule has 0 aliphatic heterocycles. The van der Waals surface area contributed by atoms with Gasteiger partial charge in [-0.2, -0.15) is 0 Å². The van der Waals surface area contributed by atoms with E-state index in [0.29, 0.717) is 0 Å². The highest BCUT2D eigenvalue weighted by atomic mass is 16.3. The quantitative estimate of drug-likeness (QED) is 0.177. The van der Waals surface area contributed by atoms with Crippen molar-refractivity contribution in [2.45, 2.75) is 0 Å². The molecule has 12 rings (SSSR count). The molecule has 0 saturated carbocycles. The summed E-state index contributed by atoms with van der Waals surface area (Å²) in [5.41, 5.74) is 13.8. The Kier molecular flexibility index (Phi) is 6.89. The van der Waals surface area contributed by atoms with Gasteiger partial charge in [-0.3, -0.25) is 4.57 Å². The molecular formula is C53H33N3O. The summed E-state index contributed by atoms with van der Waals surface area (Å²) in [7, 11) is 0. The van der Waals surface area contributed by atoms with E-state index in [9.17, 15) is 0 Å². The summed E-state index contributed by atoms with van der Waals surface area (Å²) in [6.45, 7) is 0. The van der Waals surface area contributed by atoms with Crippen LogP contribution in [0.1, 0.15) is 0 Å². The van der Waals surface area contributed by atoms with Gasteiger partial charge < -0.3 is 8.98 Å². The zero-order valence-electron chi connectivity index (χ0n) is 30.8. The van der Waals surface area contributed by atoms with E-state index in [-0.39, 0.29) is 0 Å². The fraction of sp³-hybridized carbons (Fsp3) is 0. The molecule has 0 unspecified atom stereocenters. The van der Waals surface area contributed by atoms with Crippen LogP contribution in [0.5, 0.6) is 0 Å². The van der Waals surface area contributed by atoms with Gasteiger partial charge in [-0.15, -0.1) is 0 Å². The molecule has 0 spiro atoms. The van der Waals surface area contributed by atoms with Gasteiger partial charge in [-0.1, -0.05) is 140 Å². The number of rotatable bonds is 5. The van der Waals surface area contributed by atoms with Crippen LogP contribution in [0, 0.1) is 0 Å². The molecule has 0 N–H and O–H groups in total. The first-order valence-electron chi connectivity index (χ1n) is 19.4. The summed E-state index contributed by atoms with van der Waals surface area (Å²) in [6, 6.07) is 71.3. The van der Waals surface area contributed by atoms with Crippen LogP contribution >= 0.6 is 0 Å². The topological polar surface area (TPSA) is 35.9 Å². The molecule has 0 fully saturated rings. The van der Waals surface area contributed by atoms with Crippen molar-refractivity contribution in [3.63, 3.8) is 0 Å². The Morgan fingerprint density at radius 3 is 1.61 bits per heavy atom. The summed E-state index contributed by atoms with van der Waals surface area (Å²) in [4.78, 5) is 5.55. The molecule has 0 bridgehead atoms. The number of benzene rings is 8. The van der Waals surface area contributed by atoms with Crippen molar-refractivity contribution in [1.82, 2.24) is 14.1 Å². The number of hydrogen-bond donors (Lipinski definition) is 0. The monoisotopic (exact) mass is 727 g/mol. The van der Waals surface area contributed by atoms with E-state index in [1.165, 1.54) is 43.7 Å². The molecule has 8 aromatic carbocycles. The zero-order chi connectivity index (χ0) is 37.5. The van der Waals surface area contributed by atoms with Gasteiger partial charge in [0.2, 0.25) is 0 Å². The summed E-state index contributed by atoms with van der Waals surface area (Å²) in [5.74, 6) is 0.847. The molecule has 0 amide bonds. The minimum atomic E-state index is 0.839. The predicted molar refractivity (Wildman–Crippen MR) is 237 cm³/mol. The summed E-state index contributed by atoms with van der Waals surface area (Å²) in [5, 5.41) is 6.96. The Hall–Kier alpha value is -7.69. The Morgan fingerprint density at radius 2 is 0.895 bits per heavy atom. The largest absolute Gasteiger partial charge is 0.455 e. The van der Waals surface area contributed by atoms with Gasteiger partial charge >= 0.3 is 0 Å². The summed E-state index contributed by atoms with van der Waals surface area (Å²) < 4.78 is 11.3. The highest BCUT2D eigenvalue weighted by molar-refractivity contribution is 6.19. The Labute approximate surface area is 328 Å². The number of para-hydroxylation sites is 5. The van der Waals surface area contributed by atoms with Crippen molar-refractivity contribution in [2.24, 2.45) is 0 Å². The third kappa shape index (κ3) is 4.91. The van der Waals surface area contributed by atoms with Crippen LogP contribution in [0.2, 0.25) is 0 Å².